The number of primary amides is 1. The standard InChI is InChI=1S/C25H36N6O4/c1-24(2,3)35-23(33)27-25(12-6-13-25)19-10-8-18(9-11-19)20-28-29-22(34-20)30(4)15-17-7-5-14-31(16-17)21(26)32/h8-11,17H,5-7,12-16H2,1-4H3,(H2,26,32)(H,27,33). The predicted octanol–water partition coefficient (Wildman–Crippen LogP) is 3.87. The Morgan fingerprint density at radius 2 is 1.94 bits per heavy atom. The number of nitrogens with one attached hydrogen (secondary N) is 1. The number of carbonyl (C=O) groups excluding carboxylic acids is 2. The first-order valence-corrected chi connectivity index (χ1v) is 12.3. The fourth-order valence-electron chi connectivity index (χ4n) is 4.81. The van der Waals surface area contributed by atoms with Crippen molar-refractivity contribution >= 4 is 18.1 Å². The Hall–Kier alpha value is -3.30. The van der Waals surface area contributed by atoms with E-state index < -0.39 is 17.2 Å². The van der Waals surface area contributed by atoms with E-state index in [0.29, 0.717) is 37.5 Å². The third-order valence-corrected chi connectivity index (χ3v) is 6.74. The topological polar surface area (TPSA) is 127 Å². The molecule has 1 unspecified atom stereocenters. The summed E-state index contributed by atoms with van der Waals surface area (Å²) >= 11 is 0. The van der Waals surface area contributed by atoms with E-state index >= 15 is 0 Å². The third-order valence-electron chi connectivity index (χ3n) is 6.74. The molecular weight excluding hydrogens is 448 g/mol. The molecular formula is C25H36N6O4. The zero-order valence-electron chi connectivity index (χ0n) is 21.0. The molecule has 2 aliphatic rings. The number of amides is 3. The molecule has 2 aromatic rings. The normalized spacial score (nSPS) is 19.5. The summed E-state index contributed by atoms with van der Waals surface area (Å²) in [5.74, 6) is 0.732. The van der Waals surface area contributed by atoms with Gasteiger partial charge in [-0.2, -0.15) is 0 Å². The molecule has 1 aliphatic carbocycles. The quantitative estimate of drug-likeness (QED) is 0.637. The summed E-state index contributed by atoms with van der Waals surface area (Å²) in [6.07, 6.45) is 4.35. The summed E-state index contributed by atoms with van der Waals surface area (Å²) < 4.78 is 11.4. The predicted molar refractivity (Wildman–Crippen MR) is 132 cm³/mol. The summed E-state index contributed by atoms with van der Waals surface area (Å²) in [5, 5.41) is 11.5. The molecule has 0 bridgehead atoms. The molecule has 3 amide bonds. The van der Waals surface area contributed by atoms with Crippen LogP contribution in [0, 0.1) is 5.92 Å². The summed E-state index contributed by atoms with van der Waals surface area (Å²) in [6, 6.07) is 7.94. The molecule has 10 nitrogen and oxygen atoms in total. The Kier molecular flexibility index (Phi) is 6.91. The molecule has 1 aliphatic heterocycles. The highest BCUT2D eigenvalue weighted by molar-refractivity contribution is 5.72. The average molecular weight is 485 g/mol. The van der Waals surface area contributed by atoms with E-state index in [1.165, 1.54) is 0 Å². The van der Waals surface area contributed by atoms with Gasteiger partial charge >= 0.3 is 18.1 Å². The molecule has 35 heavy (non-hydrogen) atoms. The Morgan fingerprint density at radius 1 is 1.23 bits per heavy atom. The molecule has 190 valence electrons. The first kappa shape index (κ1) is 24.8. The van der Waals surface area contributed by atoms with Crippen LogP contribution in [0.4, 0.5) is 15.6 Å². The van der Waals surface area contributed by atoms with Crippen LogP contribution >= 0.6 is 0 Å². The molecule has 0 radical (unpaired) electrons. The molecule has 10 heteroatoms. The van der Waals surface area contributed by atoms with Crippen LogP contribution in [0.5, 0.6) is 0 Å². The molecule has 0 spiro atoms. The zero-order valence-corrected chi connectivity index (χ0v) is 21.0. The lowest BCUT2D eigenvalue weighted by Crippen LogP contribution is -2.52. The van der Waals surface area contributed by atoms with Gasteiger partial charge in [0.2, 0.25) is 5.89 Å². The van der Waals surface area contributed by atoms with Crippen molar-refractivity contribution in [3.05, 3.63) is 29.8 Å². The van der Waals surface area contributed by atoms with Gasteiger partial charge in [0, 0.05) is 32.2 Å². The summed E-state index contributed by atoms with van der Waals surface area (Å²) in [6.45, 7) is 7.62. The number of benzene rings is 1. The van der Waals surface area contributed by atoms with Crippen molar-refractivity contribution in [3.63, 3.8) is 0 Å². The SMILES string of the molecule is CN(CC1CCCN(C(N)=O)C1)c1nnc(-c2ccc(C3(NC(=O)OC(C)(C)C)CCC3)cc2)o1. The number of hydrogen-bond donors (Lipinski definition) is 2. The molecule has 1 saturated carbocycles. The average Bonchev–Trinajstić information content (AvgIpc) is 3.26. The summed E-state index contributed by atoms with van der Waals surface area (Å²) in [5.41, 5.74) is 6.34. The molecule has 3 N–H and O–H groups in total. The Morgan fingerprint density at radius 3 is 2.54 bits per heavy atom. The van der Waals surface area contributed by atoms with Crippen molar-refractivity contribution in [1.29, 1.82) is 0 Å². The number of alkyl carbamates (subject to hydrolysis) is 1. The maximum Gasteiger partial charge on any atom is 0.408 e. The van der Waals surface area contributed by atoms with Gasteiger partial charge in [-0.25, -0.2) is 9.59 Å². The molecule has 1 saturated heterocycles. The number of carbonyl (C=O) groups is 2. The second kappa shape index (κ2) is 9.75. The Balaban J connectivity index is 1.40. The van der Waals surface area contributed by atoms with Crippen LogP contribution in [0.25, 0.3) is 11.5 Å². The summed E-state index contributed by atoms with van der Waals surface area (Å²) in [7, 11) is 1.91. The minimum absolute atomic E-state index is 0.298. The van der Waals surface area contributed by atoms with Gasteiger partial charge in [-0.15, -0.1) is 5.10 Å². The van der Waals surface area contributed by atoms with Crippen molar-refractivity contribution in [3.8, 4) is 11.5 Å². The number of likely N-dealkylation sites (tertiary alicyclic amines) is 1. The number of rotatable bonds is 6. The van der Waals surface area contributed by atoms with E-state index in [0.717, 1.165) is 43.2 Å². The molecule has 1 aromatic carbocycles. The largest absolute Gasteiger partial charge is 0.444 e. The lowest BCUT2D eigenvalue weighted by atomic mass is 9.72. The van der Waals surface area contributed by atoms with E-state index in [-0.39, 0.29) is 6.03 Å². The highest BCUT2D eigenvalue weighted by Gasteiger charge is 2.41. The first-order valence-electron chi connectivity index (χ1n) is 12.3. The maximum atomic E-state index is 12.4. The fourth-order valence-corrected chi connectivity index (χ4v) is 4.81. The van der Waals surface area contributed by atoms with Crippen molar-refractivity contribution in [1.82, 2.24) is 20.4 Å². The van der Waals surface area contributed by atoms with Crippen LogP contribution in [-0.2, 0) is 10.3 Å². The Bertz CT molecular complexity index is 1040. The number of nitrogens with zero attached hydrogens (tertiary/aromatic N) is 4. The van der Waals surface area contributed by atoms with E-state index in [4.69, 9.17) is 14.9 Å². The first-order chi connectivity index (χ1) is 16.5. The number of piperidine rings is 1. The van der Waals surface area contributed by atoms with Crippen LogP contribution in [-0.4, -0.2) is 59.5 Å². The lowest BCUT2D eigenvalue weighted by molar-refractivity contribution is 0.0377. The maximum absolute atomic E-state index is 12.4. The highest BCUT2D eigenvalue weighted by atomic mass is 16.6. The van der Waals surface area contributed by atoms with Gasteiger partial charge in [-0.05, 0) is 76.5 Å². The number of hydrogen-bond acceptors (Lipinski definition) is 7. The monoisotopic (exact) mass is 484 g/mol. The number of anilines is 1. The van der Waals surface area contributed by atoms with Gasteiger partial charge in [-0.1, -0.05) is 17.2 Å². The van der Waals surface area contributed by atoms with E-state index in [9.17, 15) is 9.59 Å². The minimum atomic E-state index is -0.542. The smallest absolute Gasteiger partial charge is 0.408 e. The highest BCUT2D eigenvalue weighted by Crippen LogP contribution is 2.42. The fraction of sp³-hybridized carbons (Fsp3) is 0.600. The van der Waals surface area contributed by atoms with Crippen molar-refractivity contribution in [2.45, 2.75) is 64.0 Å². The molecule has 1 aromatic heterocycles. The van der Waals surface area contributed by atoms with E-state index in [1.54, 1.807) is 4.90 Å². The Labute approximate surface area is 206 Å². The van der Waals surface area contributed by atoms with E-state index in [2.05, 4.69) is 15.5 Å². The van der Waals surface area contributed by atoms with Gasteiger partial charge in [0.05, 0.1) is 5.54 Å². The second-order valence-electron chi connectivity index (χ2n) is 10.7. The second-order valence-corrected chi connectivity index (χ2v) is 10.7. The van der Waals surface area contributed by atoms with Crippen LogP contribution in [0.3, 0.4) is 0 Å². The van der Waals surface area contributed by atoms with Crippen LogP contribution in [0.15, 0.2) is 28.7 Å². The molecule has 2 heterocycles. The minimum Gasteiger partial charge on any atom is -0.444 e. The van der Waals surface area contributed by atoms with Gasteiger partial charge in [0.1, 0.15) is 5.60 Å². The summed E-state index contributed by atoms with van der Waals surface area (Å²) in [4.78, 5) is 27.5. The van der Waals surface area contributed by atoms with Crippen molar-refractivity contribution in [2.75, 3.05) is 31.6 Å². The zero-order chi connectivity index (χ0) is 25.2. The number of nitrogens with two attached hydrogens (primary N) is 1. The lowest BCUT2D eigenvalue weighted by Gasteiger charge is -2.43. The number of aromatic nitrogens is 2. The van der Waals surface area contributed by atoms with Gasteiger partial charge in [-0.3, -0.25) is 0 Å². The third kappa shape index (κ3) is 5.86. The molecule has 1 atom stereocenters. The molecule has 4 rings (SSSR count). The van der Waals surface area contributed by atoms with E-state index in [1.807, 2.05) is 57.0 Å². The van der Waals surface area contributed by atoms with Gasteiger partial charge in [0.15, 0.2) is 0 Å². The molecule has 2 fully saturated rings. The van der Waals surface area contributed by atoms with Crippen LogP contribution in [0.2, 0.25) is 0 Å². The van der Waals surface area contributed by atoms with Gasteiger partial charge < -0.3 is 30.0 Å². The number of ether oxygens (including phenoxy) is 1. The van der Waals surface area contributed by atoms with Crippen LogP contribution in [0.1, 0.15) is 58.4 Å². The van der Waals surface area contributed by atoms with Crippen molar-refractivity contribution in [2.24, 2.45) is 11.7 Å². The van der Waals surface area contributed by atoms with Crippen molar-refractivity contribution < 1.29 is 18.7 Å². The van der Waals surface area contributed by atoms with Gasteiger partial charge in [0.25, 0.3) is 0 Å². The van der Waals surface area contributed by atoms with Crippen LogP contribution < -0.4 is 16.0 Å². The number of urea groups is 1.